The van der Waals surface area contributed by atoms with Gasteiger partial charge in [0.15, 0.2) is 0 Å². The van der Waals surface area contributed by atoms with Crippen LogP contribution in [0.4, 0.5) is 0 Å². The van der Waals surface area contributed by atoms with Gasteiger partial charge in [-0.1, -0.05) is 36.4 Å². The molecule has 0 radical (unpaired) electrons. The van der Waals surface area contributed by atoms with Gasteiger partial charge >= 0.3 is 0 Å². The van der Waals surface area contributed by atoms with Gasteiger partial charge in [0.1, 0.15) is 0 Å². The van der Waals surface area contributed by atoms with E-state index in [-0.39, 0.29) is 12.5 Å². The van der Waals surface area contributed by atoms with E-state index in [2.05, 4.69) is 39.5 Å². The number of nitrogens with zero attached hydrogens (tertiary/aromatic N) is 3. The Bertz CT molecular complexity index is 952. The maximum atomic E-state index is 12.2. The van der Waals surface area contributed by atoms with Gasteiger partial charge in [0.2, 0.25) is 5.91 Å². The highest BCUT2D eigenvalue weighted by Crippen LogP contribution is 2.18. The van der Waals surface area contributed by atoms with Gasteiger partial charge in [-0.3, -0.25) is 9.69 Å². The molecule has 0 aliphatic carbocycles. The van der Waals surface area contributed by atoms with Crippen molar-refractivity contribution in [1.29, 1.82) is 0 Å². The van der Waals surface area contributed by atoms with Crippen LogP contribution in [0.3, 0.4) is 0 Å². The van der Waals surface area contributed by atoms with E-state index in [0.717, 1.165) is 30.5 Å². The molecule has 1 atom stereocenters. The second-order valence-electron chi connectivity index (χ2n) is 7.39. The van der Waals surface area contributed by atoms with Crippen LogP contribution in [0.15, 0.2) is 54.9 Å². The number of aromatic nitrogens is 2. The molecule has 6 heteroatoms. The van der Waals surface area contributed by atoms with E-state index in [9.17, 15) is 9.90 Å². The highest BCUT2D eigenvalue weighted by Gasteiger charge is 2.18. The Labute approximate surface area is 164 Å². The van der Waals surface area contributed by atoms with Gasteiger partial charge in [0.05, 0.1) is 23.5 Å². The lowest BCUT2D eigenvalue weighted by Crippen LogP contribution is -2.42. The zero-order chi connectivity index (χ0) is 19.3. The van der Waals surface area contributed by atoms with E-state index < -0.39 is 6.10 Å². The Morgan fingerprint density at radius 2 is 1.93 bits per heavy atom. The summed E-state index contributed by atoms with van der Waals surface area (Å²) in [7, 11) is 0. The van der Waals surface area contributed by atoms with Gasteiger partial charge in [-0.25, -0.2) is 4.98 Å². The van der Waals surface area contributed by atoms with Crippen molar-refractivity contribution in [1.82, 2.24) is 19.8 Å². The third kappa shape index (κ3) is 4.40. The van der Waals surface area contributed by atoms with Crippen LogP contribution >= 0.6 is 0 Å². The number of hydrogen-bond acceptors (Lipinski definition) is 4. The number of aliphatic hydroxyl groups excluding tert-OH is 1. The minimum Gasteiger partial charge on any atom is -0.390 e. The smallest absolute Gasteiger partial charge is 0.221 e. The highest BCUT2D eigenvalue weighted by molar-refractivity contribution is 5.77. The number of nitrogens with one attached hydrogen (secondary N) is 1. The molecule has 1 aliphatic rings. The van der Waals surface area contributed by atoms with E-state index in [1.54, 1.807) is 6.33 Å². The van der Waals surface area contributed by atoms with Crippen molar-refractivity contribution >= 4 is 16.9 Å². The number of benzene rings is 2. The van der Waals surface area contributed by atoms with E-state index >= 15 is 0 Å². The first-order chi connectivity index (χ1) is 13.7. The van der Waals surface area contributed by atoms with Crippen molar-refractivity contribution < 1.29 is 9.90 Å². The average molecular weight is 378 g/mol. The van der Waals surface area contributed by atoms with Crippen molar-refractivity contribution in [3.63, 3.8) is 0 Å². The van der Waals surface area contributed by atoms with Crippen LogP contribution in [0.2, 0.25) is 0 Å². The molecule has 2 heterocycles. The zero-order valence-electron chi connectivity index (χ0n) is 15.9. The summed E-state index contributed by atoms with van der Waals surface area (Å²) in [6, 6.07) is 16.3. The molecular weight excluding hydrogens is 352 g/mol. The van der Waals surface area contributed by atoms with E-state index in [1.165, 1.54) is 11.1 Å². The van der Waals surface area contributed by atoms with Gasteiger partial charge in [0.25, 0.3) is 0 Å². The summed E-state index contributed by atoms with van der Waals surface area (Å²) in [4.78, 5) is 18.7. The fourth-order valence-electron chi connectivity index (χ4n) is 3.80. The van der Waals surface area contributed by atoms with Crippen LogP contribution < -0.4 is 5.32 Å². The zero-order valence-corrected chi connectivity index (χ0v) is 15.9. The van der Waals surface area contributed by atoms with Crippen LogP contribution in [0.5, 0.6) is 0 Å². The summed E-state index contributed by atoms with van der Waals surface area (Å²) >= 11 is 0. The number of rotatable bonds is 7. The molecule has 2 aromatic carbocycles. The molecule has 0 fully saturated rings. The minimum absolute atomic E-state index is 0.0548. The lowest BCUT2D eigenvalue weighted by atomic mass is 10.00. The number of fused-ring (bicyclic) bond motifs is 2. The number of β-amino-alcohol motifs (C(OH)–C–C–N with tert-alkyl or cyclic N) is 1. The number of carbonyl (C=O) groups excluding carboxylic acids is 1. The second kappa shape index (κ2) is 8.54. The van der Waals surface area contributed by atoms with Gasteiger partial charge in [-0.05, 0) is 29.7 Å². The molecule has 0 spiro atoms. The molecule has 1 aliphatic heterocycles. The summed E-state index contributed by atoms with van der Waals surface area (Å²) in [5.74, 6) is -0.0548. The maximum Gasteiger partial charge on any atom is 0.221 e. The molecule has 146 valence electrons. The quantitative estimate of drug-likeness (QED) is 0.659. The summed E-state index contributed by atoms with van der Waals surface area (Å²) in [6.45, 7) is 3.22. The van der Waals surface area contributed by atoms with Crippen LogP contribution in [-0.4, -0.2) is 51.2 Å². The highest BCUT2D eigenvalue weighted by atomic mass is 16.3. The van der Waals surface area contributed by atoms with E-state index in [0.29, 0.717) is 19.5 Å². The monoisotopic (exact) mass is 378 g/mol. The first kappa shape index (κ1) is 18.7. The summed E-state index contributed by atoms with van der Waals surface area (Å²) < 4.78 is 1.98. The van der Waals surface area contributed by atoms with Gasteiger partial charge in [-0.2, -0.15) is 0 Å². The maximum absolute atomic E-state index is 12.2. The van der Waals surface area contributed by atoms with E-state index in [4.69, 9.17) is 0 Å². The molecule has 0 bridgehead atoms. The Kier molecular flexibility index (Phi) is 5.69. The first-order valence-corrected chi connectivity index (χ1v) is 9.83. The molecule has 1 aromatic heterocycles. The van der Waals surface area contributed by atoms with Gasteiger partial charge in [-0.15, -0.1) is 0 Å². The minimum atomic E-state index is -0.566. The van der Waals surface area contributed by atoms with Crippen molar-refractivity contribution in [2.24, 2.45) is 0 Å². The van der Waals surface area contributed by atoms with Crippen LogP contribution in [0, 0.1) is 0 Å². The normalized spacial score (nSPS) is 15.3. The Morgan fingerprint density at radius 3 is 2.82 bits per heavy atom. The Balaban J connectivity index is 1.20. The molecule has 3 aromatic rings. The molecule has 6 nitrogen and oxygen atoms in total. The van der Waals surface area contributed by atoms with Crippen molar-refractivity contribution in [2.45, 2.75) is 32.0 Å². The molecule has 2 N–H and O–H groups in total. The predicted molar refractivity (Wildman–Crippen MR) is 109 cm³/mol. The Morgan fingerprint density at radius 1 is 1.14 bits per heavy atom. The molecule has 1 amide bonds. The molecular formula is C22H26N4O2. The molecule has 0 saturated carbocycles. The van der Waals surface area contributed by atoms with Gasteiger partial charge in [0, 0.05) is 39.1 Å². The van der Waals surface area contributed by atoms with E-state index in [1.807, 2.05) is 28.8 Å². The van der Waals surface area contributed by atoms with Crippen LogP contribution in [0.25, 0.3) is 11.0 Å². The number of aryl methyl sites for hydroxylation is 1. The number of carbonyl (C=O) groups is 1. The lowest BCUT2D eigenvalue weighted by Gasteiger charge is -2.30. The fraction of sp³-hybridized carbons (Fsp3) is 0.364. The predicted octanol–water partition coefficient (Wildman–Crippen LogP) is 1.96. The summed E-state index contributed by atoms with van der Waals surface area (Å²) in [5, 5.41) is 13.2. The number of para-hydroxylation sites is 2. The van der Waals surface area contributed by atoms with Crippen LogP contribution in [0.1, 0.15) is 17.5 Å². The molecule has 4 rings (SSSR count). The topological polar surface area (TPSA) is 70.4 Å². The van der Waals surface area contributed by atoms with Crippen molar-refractivity contribution in [3.8, 4) is 0 Å². The SMILES string of the molecule is O=C(CCn1cnc2ccccc21)NCC(O)CN1CCc2ccccc2C1. The third-order valence-corrected chi connectivity index (χ3v) is 5.32. The van der Waals surface area contributed by atoms with Gasteiger partial charge < -0.3 is 15.0 Å². The van der Waals surface area contributed by atoms with Crippen molar-refractivity contribution in [2.75, 3.05) is 19.6 Å². The first-order valence-electron chi connectivity index (χ1n) is 9.83. The number of aliphatic hydroxyl groups is 1. The fourth-order valence-corrected chi connectivity index (χ4v) is 3.80. The number of amides is 1. The second-order valence-corrected chi connectivity index (χ2v) is 7.39. The molecule has 1 unspecified atom stereocenters. The number of imidazole rings is 1. The van der Waals surface area contributed by atoms with Crippen LogP contribution in [-0.2, 0) is 24.3 Å². The standard InChI is InChI=1S/C22H26N4O2/c27-19(15-25-11-9-17-5-1-2-6-18(17)14-25)13-23-22(28)10-12-26-16-24-20-7-3-4-8-21(20)26/h1-8,16,19,27H,9-15H2,(H,23,28). The molecule has 28 heavy (non-hydrogen) atoms. The average Bonchev–Trinajstić information content (AvgIpc) is 3.14. The summed E-state index contributed by atoms with van der Waals surface area (Å²) in [6.07, 6.45) is 2.57. The number of hydrogen-bond donors (Lipinski definition) is 2. The summed E-state index contributed by atoms with van der Waals surface area (Å²) in [5.41, 5.74) is 4.69. The van der Waals surface area contributed by atoms with Crippen molar-refractivity contribution in [3.05, 3.63) is 66.0 Å². The molecule has 0 saturated heterocycles. The third-order valence-electron chi connectivity index (χ3n) is 5.32. The lowest BCUT2D eigenvalue weighted by molar-refractivity contribution is -0.121. The largest absolute Gasteiger partial charge is 0.390 e. The Hall–Kier alpha value is -2.70.